The standard InChI is InChI=1S/C18H25NO5/c1-18(2,3)24-16(21)11-10-14(17(22)23-4)19-15(20)12-13-8-6-5-7-9-13/h5-9,14H,10-12H2,1-4H3,(H,19,20)/t14-/m0/s1. The van der Waals surface area contributed by atoms with E-state index in [2.05, 4.69) is 5.32 Å². The van der Waals surface area contributed by atoms with Crippen LogP contribution in [0, 0.1) is 0 Å². The Morgan fingerprint density at radius 2 is 1.75 bits per heavy atom. The van der Waals surface area contributed by atoms with Gasteiger partial charge < -0.3 is 14.8 Å². The molecule has 1 amide bonds. The zero-order valence-corrected chi connectivity index (χ0v) is 14.6. The van der Waals surface area contributed by atoms with Crippen LogP contribution < -0.4 is 5.32 Å². The van der Waals surface area contributed by atoms with Crippen LogP contribution in [0.2, 0.25) is 0 Å². The number of esters is 2. The van der Waals surface area contributed by atoms with Crippen LogP contribution in [0.25, 0.3) is 0 Å². The van der Waals surface area contributed by atoms with E-state index < -0.39 is 23.6 Å². The molecule has 0 spiro atoms. The Kier molecular flexibility index (Phi) is 7.42. The predicted molar refractivity (Wildman–Crippen MR) is 89.2 cm³/mol. The van der Waals surface area contributed by atoms with Crippen molar-refractivity contribution in [3.8, 4) is 0 Å². The smallest absolute Gasteiger partial charge is 0.328 e. The van der Waals surface area contributed by atoms with Gasteiger partial charge in [-0.25, -0.2) is 4.79 Å². The molecule has 0 saturated carbocycles. The number of rotatable bonds is 7. The molecule has 0 aliphatic rings. The highest BCUT2D eigenvalue weighted by Crippen LogP contribution is 2.11. The van der Waals surface area contributed by atoms with Crippen molar-refractivity contribution in [3.63, 3.8) is 0 Å². The van der Waals surface area contributed by atoms with Crippen LogP contribution in [0.15, 0.2) is 30.3 Å². The molecule has 132 valence electrons. The highest BCUT2D eigenvalue weighted by Gasteiger charge is 2.24. The SMILES string of the molecule is COC(=O)[C@H](CCC(=O)OC(C)(C)C)NC(=O)Cc1ccccc1. The number of hydrogen-bond donors (Lipinski definition) is 1. The van der Waals surface area contributed by atoms with Gasteiger partial charge >= 0.3 is 11.9 Å². The summed E-state index contributed by atoms with van der Waals surface area (Å²) >= 11 is 0. The van der Waals surface area contributed by atoms with E-state index in [1.54, 1.807) is 20.8 Å². The number of methoxy groups -OCH3 is 1. The lowest BCUT2D eigenvalue weighted by Gasteiger charge is -2.21. The molecule has 6 nitrogen and oxygen atoms in total. The number of hydrogen-bond acceptors (Lipinski definition) is 5. The quantitative estimate of drug-likeness (QED) is 0.771. The molecule has 1 N–H and O–H groups in total. The number of carbonyl (C=O) groups is 3. The topological polar surface area (TPSA) is 81.7 Å². The lowest BCUT2D eigenvalue weighted by Crippen LogP contribution is -2.42. The molecule has 1 aromatic rings. The zero-order chi connectivity index (χ0) is 18.2. The Hall–Kier alpha value is -2.37. The first-order valence-corrected chi connectivity index (χ1v) is 7.84. The van der Waals surface area contributed by atoms with Crippen LogP contribution in [0.5, 0.6) is 0 Å². The Labute approximate surface area is 142 Å². The van der Waals surface area contributed by atoms with Crippen molar-refractivity contribution in [1.29, 1.82) is 0 Å². The minimum Gasteiger partial charge on any atom is -0.467 e. The van der Waals surface area contributed by atoms with Gasteiger partial charge in [0.25, 0.3) is 0 Å². The molecule has 0 heterocycles. The van der Waals surface area contributed by atoms with Crippen LogP contribution in [-0.2, 0) is 30.3 Å². The minimum atomic E-state index is -0.876. The lowest BCUT2D eigenvalue weighted by molar-refractivity contribution is -0.155. The summed E-state index contributed by atoms with van der Waals surface area (Å²) in [5.41, 5.74) is 0.250. The van der Waals surface area contributed by atoms with Crippen molar-refractivity contribution >= 4 is 17.8 Å². The summed E-state index contributed by atoms with van der Waals surface area (Å²) in [6, 6.07) is 8.31. The average molecular weight is 335 g/mol. The predicted octanol–water partition coefficient (Wildman–Crippen LogP) is 2.01. The van der Waals surface area contributed by atoms with Crippen molar-refractivity contribution in [3.05, 3.63) is 35.9 Å². The first-order chi connectivity index (χ1) is 11.2. The van der Waals surface area contributed by atoms with Gasteiger partial charge in [-0.15, -0.1) is 0 Å². The molecule has 0 aliphatic heterocycles. The highest BCUT2D eigenvalue weighted by molar-refractivity contribution is 5.86. The van der Waals surface area contributed by atoms with E-state index in [0.29, 0.717) is 0 Å². The summed E-state index contributed by atoms with van der Waals surface area (Å²) in [4.78, 5) is 35.7. The number of ether oxygens (including phenoxy) is 2. The van der Waals surface area contributed by atoms with E-state index in [1.807, 2.05) is 30.3 Å². The fourth-order valence-corrected chi connectivity index (χ4v) is 2.07. The van der Waals surface area contributed by atoms with Gasteiger partial charge in [-0.2, -0.15) is 0 Å². The minimum absolute atomic E-state index is 0.0165. The molecule has 24 heavy (non-hydrogen) atoms. The largest absolute Gasteiger partial charge is 0.467 e. The molecule has 0 saturated heterocycles. The molecule has 0 fully saturated rings. The van der Waals surface area contributed by atoms with Crippen LogP contribution in [0.3, 0.4) is 0 Å². The molecule has 0 aliphatic carbocycles. The molecule has 1 rings (SSSR count). The maximum Gasteiger partial charge on any atom is 0.328 e. The third-order valence-electron chi connectivity index (χ3n) is 3.09. The van der Waals surface area contributed by atoms with Gasteiger partial charge in [-0.1, -0.05) is 30.3 Å². The molecule has 1 aromatic carbocycles. The Morgan fingerprint density at radius 3 is 2.29 bits per heavy atom. The van der Waals surface area contributed by atoms with Gasteiger partial charge in [-0.05, 0) is 32.8 Å². The maximum absolute atomic E-state index is 12.1. The Morgan fingerprint density at radius 1 is 1.12 bits per heavy atom. The summed E-state index contributed by atoms with van der Waals surface area (Å²) in [7, 11) is 1.24. The van der Waals surface area contributed by atoms with E-state index in [1.165, 1.54) is 7.11 Å². The third kappa shape index (κ3) is 7.76. The zero-order valence-electron chi connectivity index (χ0n) is 14.6. The van der Waals surface area contributed by atoms with Crippen LogP contribution >= 0.6 is 0 Å². The summed E-state index contributed by atoms with van der Waals surface area (Å²) in [6.07, 6.45) is 0.297. The molecule has 0 aromatic heterocycles. The second-order valence-corrected chi connectivity index (χ2v) is 6.43. The van der Waals surface area contributed by atoms with Crippen molar-refractivity contribution < 1.29 is 23.9 Å². The maximum atomic E-state index is 12.1. The van der Waals surface area contributed by atoms with Gasteiger partial charge in [0.05, 0.1) is 13.5 Å². The van der Waals surface area contributed by atoms with Crippen LogP contribution in [-0.4, -0.2) is 36.6 Å². The molecular formula is C18H25NO5. The Balaban J connectivity index is 2.57. The first kappa shape index (κ1) is 19.7. The second kappa shape index (κ2) is 9.05. The molecule has 6 heteroatoms. The van der Waals surface area contributed by atoms with E-state index in [-0.39, 0.29) is 25.2 Å². The van der Waals surface area contributed by atoms with Gasteiger partial charge in [0.2, 0.25) is 5.91 Å². The van der Waals surface area contributed by atoms with Crippen LogP contribution in [0.4, 0.5) is 0 Å². The number of nitrogens with one attached hydrogen (secondary N) is 1. The second-order valence-electron chi connectivity index (χ2n) is 6.43. The van der Waals surface area contributed by atoms with Gasteiger partial charge in [-0.3, -0.25) is 9.59 Å². The van der Waals surface area contributed by atoms with E-state index >= 15 is 0 Å². The fourth-order valence-electron chi connectivity index (χ4n) is 2.07. The summed E-state index contributed by atoms with van der Waals surface area (Å²) in [5, 5.41) is 2.61. The normalized spacial score (nSPS) is 12.2. The molecular weight excluding hydrogens is 310 g/mol. The first-order valence-electron chi connectivity index (χ1n) is 7.84. The average Bonchev–Trinajstić information content (AvgIpc) is 2.49. The fraction of sp³-hybridized carbons (Fsp3) is 0.500. The van der Waals surface area contributed by atoms with Crippen molar-refractivity contribution in [2.75, 3.05) is 7.11 Å². The van der Waals surface area contributed by atoms with Crippen molar-refractivity contribution in [1.82, 2.24) is 5.32 Å². The summed E-state index contributed by atoms with van der Waals surface area (Å²) in [5.74, 6) is -1.31. The highest BCUT2D eigenvalue weighted by atomic mass is 16.6. The van der Waals surface area contributed by atoms with E-state index in [9.17, 15) is 14.4 Å². The monoisotopic (exact) mass is 335 g/mol. The molecule has 1 atom stereocenters. The van der Waals surface area contributed by atoms with E-state index in [4.69, 9.17) is 9.47 Å². The van der Waals surface area contributed by atoms with E-state index in [0.717, 1.165) is 5.56 Å². The number of amides is 1. The molecule has 0 bridgehead atoms. The van der Waals surface area contributed by atoms with Crippen molar-refractivity contribution in [2.24, 2.45) is 0 Å². The van der Waals surface area contributed by atoms with Gasteiger partial charge in [0.1, 0.15) is 11.6 Å². The number of benzene rings is 1. The Bertz CT molecular complexity index is 563. The van der Waals surface area contributed by atoms with Gasteiger partial charge in [0, 0.05) is 6.42 Å². The molecule has 0 unspecified atom stereocenters. The number of carbonyl (C=O) groups excluding carboxylic acids is 3. The summed E-state index contributed by atoms with van der Waals surface area (Å²) < 4.78 is 9.89. The third-order valence-corrected chi connectivity index (χ3v) is 3.09. The molecule has 0 radical (unpaired) electrons. The van der Waals surface area contributed by atoms with Gasteiger partial charge in [0.15, 0.2) is 0 Å². The lowest BCUT2D eigenvalue weighted by atomic mass is 10.1. The summed E-state index contributed by atoms with van der Waals surface area (Å²) in [6.45, 7) is 5.30. The van der Waals surface area contributed by atoms with Crippen LogP contribution in [0.1, 0.15) is 39.2 Å². The van der Waals surface area contributed by atoms with Crippen molar-refractivity contribution in [2.45, 2.75) is 51.7 Å².